The lowest BCUT2D eigenvalue weighted by atomic mass is 9.98. The molecule has 0 aliphatic carbocycles. The van der Waals surface area contributed by atoms with E-state index in [2.05, 4.69) is 27.7 Å². The second-order valence-corrected chi connectivity index (χ2v) is 5.55. The van der Waals surface area contributed by atoms with Gasteiger partial charge in [0.25, 0.3) is 0 Å². The molecular formula is C13H19N3O2. The van der Waals surface area contributed by atoms with Crippen LogP contribution in [0.25, 0.3) is 0 Å². The number of rotatable bonds is 2. The van der Waals surface area contributed by atoms with Crippen LogP contribution in [0.3, 0.4) is 0 Å². The van der Waals surface area contributed by atoms with Gasteiger partial charge in [0, 0.05) is 31.6 Å². The molecule has 5 nitrogen and oxygen atoms in total. The van der Waals surface area contributed by atoms with Gasteiger partial charge >= 0.3 is 5.97 Å². The number of likely N-dealkylation sites (N-methyl/N-ethyl adjacent to an activating group) is 1. The van der Waals surface area contributed by atoms with Gasteiger partial charge in [-0.25, -0.2) is 4.98 Å². The third-order valence-electron chi connectivity index (χ3n) is 4.18. The Kier molecular flexibility index (Phi) is 2.86. The molecule has 0 spiro atoms. The summed E-state index contributed by atoms with van der Waals surface area (Å²) >= 11 is 0. The van der Waals surface area contributed by atoms with Crippen molar-refractivity contribution in [2.75, 3.05) is 20.1 Å². The highest BCUT2D eigenvalue weighted by molar-refractivity contribution is 5.70. The number of carboxylic acid groups (broad SMARTS) is 1. The monoisotopic (exact) mass is 249 g/mol. The summed E-state index contributed by atoms with van der Waals surface area (Å²) in [5.74, 6) is 0.542. The molecule has 1 aromatic rings. The van der Waals surface area contributed by atoms with Crippen molar-refractivity contribution in [1.82, 2.24) is 14.5 Å². The van der Waals surface area contributed by atoms with Crippen LogP contribution < -0.4 is 0 Å². The summed E-state index contributed by atoms with van der Waals surface area (Å²) in [7, 11) is 2.14. The molecule has 0 aromatic carbocycles. The maximum Gasteiger partial charge on any atom is 0.307 e. The predicted molar refractivity (Wildman–Crippen MR) is 66.5 cm³/mol. The molecule has 3 heterocycles. The van der Waals surface area contributed by atoms with E-state index in [1.807, 2.05) is 0 Å². The molecule has 0 amide bonds. The Morgan fingerprint density at radius 3 is 2.94 bits per heavy atom. The third kappa shape index (κ3) is 2.03. The summed E-state index contributed by atoms with van der Waals surface area (Å²) in [6.07, 6.45) is 4.60. The van der Waals surface area contributed by atoms with E-state index in [4.69, 9.17) is 5.11 Å². The van der Waals surface area contributed by atoms with Crippen LogP contribution >= 0.6 is 0 Å². The molecule has 0 radical (unpaired) electrons. The molecule has 98 valence electrons. The Labute approximate surface area is 106 Å². The van der Waals surface area contributed by atoms with E-state index in [1.165, 1.54) is 0 Å². The standard InChI is InChI=1S/C13H19N3O2/c1-15-4-2-10(7-15)11-8-16-5-3-9(13(17)18)6-12(16)14-11/h8-10H,2-7H2,1H3,(H,17,18). The van der Waals surface area contributed by atoms with Crippen LogP contribution in [0.1, 0.15) is 30.3 Å². The highest BCUT2D eigenvalue weighted by atomic mass is 16.4. The van der Waals surface area contributed by atoms with Crippen molar-refractivity contribution in [2.45, 2.75) is 31.7 Å². The number of hydrogen-bond donors (Lipinski definition) is 1. The fourth-order valence-electron chi connectivity index (χ4n) is 3.03. The van der Waals surface area contributed by atoms with Crippen molar-refractivity contribution < 1.29 is 9.90 Å². The van der Waals surface area contributed by atoms with Crippen LogP contribution in [0.15, 0.2) is 6.20 Å². The minimum atomic E-state index is -0.689. The molecule has 1 N–H and O–H groups in total. The maximum absolute atomic E-state index is 11.0. The van der Waals surface area contributed by atoms with Crippen molar-refractivity contribution in [2.24, 2.45) is 5.92 Å². The molecule has 0 bridgehead atoms. The molecule has 1 aromatic heterocycles. The lowest BCUT2D eigenvalue weighted by Crippen LogP contribution is -2.25. The minimum absolute atomic E-state index is 0.251. The summed E-state index contributed by atoms with van der Waals surface area (Å²) in [6.45, 7) is 2.99. The lowest BCUT2D eigenvalue weighted by Gasteiger charge is -2.19. The fraction of sp³-hybridized carbons (Fsp3) is 0.692. The molecule has 3 rings (SSSR count). The number of aryl methyl sites for hydroxylation is 1. The Hall–Kier alpha value is -1.36. The zero-order valence-electron chi connectivity index (χ0n) is 10.7. The van der Waals surface area contributed by atoms with E-state index in [1.54, 1.807) is 0 Å². The first-order valence-corrected chi connectivity index (χ1v) is 6.61. The summed E-state index contributed by atoms with van der Waals surface area (Å²) in [6, 6.07) is 0. The van der Waals surface area contributed by atoms with E-state index in [0.717, 1.165) is 44.0 Å². The zero-order chi connectivity index (χ0) is 12.7. The topological polar surface area (TPSA) is 58.4 Å². The molecule has 2 atom stereocenters. The van der Waals surface area contributed by atoms with E-state index >= 15 is 0 Å². The van der Waals surface area contributed by atoms with Crippen molar-refractivity contribution in [3.05, 3.63) is 17.7 Å². The molecule has 1 fully saturated rings. The van der Waals surface area contributed by atoms with E-state index in [-0.39, 0.29) is 5.92 Å². The van der Waals surface area contributed by atoms with Crippen molar-refractivity contribution in [3.8, 4) is 0 Å². The molecule has 5 heteroatoms. The van der Waals surface area contributed by atoms with Gasteiger partial charge in [0.05, 0.1) is 11.6 Å². The van der Waals surface area contributed by atoms with Crippen LogP contribution in [0.5, 0.6) is 0 Å². The summed E-state index contributed by atoms with van der Waals surface area (Å²) in [5.41, 5.74) is 1.15. The number of likely N-dealkylation sites (tertiary alicyclic amines) is 1. The Morgan fingerprint density at radius 1 is 1.44 bits per heavy atom. The number of aromatic nitrogens is 2. The SMILES string of the molecule is CN1CCC(c2cn3c(n2)CC(C(=O)O)CC3)C1. The van der Waals surface area contributed by atoms with E-state index in [9.17, 15) is 4.79 Å². The summed E-state index contributed by atoms with van der Waals surface area (Å²) in [5, 5.41) is 9.07. The zero-order valence-corrected chi connectivity index (χ0v) is 10.7. The highest BCUT2D eigenvalue weighted by Gasteiger charge is 2.29. The van der Waals surface area contributed by atoms with Crippen LogP contribution in [0.2, 0.25) is 0 Å². The van der Waals surface area contributed by atoms with Gasteiger partial charge in [0.2, 0.25) is 0 Å². The Bertz CT molecular complexity index is 469. The lowest BCUT2D eigenvalue weighted by molar-refractivity contribution is -0.142. The fourth-order valence-corrected chi connectivity index (χ4v) is 3.03. The van der Waals surface area contributed by atoms with Crippen LogP contribution in [0, 0.1) is 5.92 Å². The second kappa shape index (κ2) is 4.39. The number of hydrogen-bond acceptors (Lipinski definition) is 3. The minimum Gasteiger partial charge on any atom is -0.481 e. The molecular weight excluding hydrogens is 230 g/mol. The Morgan fingerprint density at radius 2 is 2.28 bits per heavy atom. The van der Waals surface area contributed by atoms with Gasteiger partial charge in [0.15, 0.2) is 0 Å². The molecule has 18 heavy (non-hydrogen) atoms. The maximum atomic E-state index is 11.0. The van der Waals surface area contributed by atoms with Gasteiger partial charge in [-0.15, -0.1) is 0 Å². The van der Waals surface area contributed by atoms with E-state index < -0.39 is 5.97 Å². The molecule has 1 saturated heterocycles. The van der Waals surface area contributed by atoms with Crippen molar-refractivity contribution in [1.29, 1.82) is 0 Å². The molecule has 2 aliphatic rings. The van der Waals surface area contributed by atoms with Crippen molar-refractivity contribution in [3.63, 3.8) is 0 Å². The van der Waals surface area contributed by atoms with Gasteiger partial charge in [-0.05, 0) is 26.4 Å². The van der Waals surface area contributed by atoms with Crippen molar-refractivity contribution >= 4 is 5.97 Å². The number of imidazole rings is 1. The number of carboxylic acids is 1. The Balaban J connectivity index is 1.79. The third-order valence-corrected chi connectivity index (χ3v) is 4.18. The second-order valence-electron chi connectivity index (χ2n) is 5.55. The number of aliphatic carboxylic acids is 1. The summed E-state index contributed by atoms with van der Waals surface area (Å²) in [4.78, 5) is 18.0. The molecule has 2 aliphatic heterocycles. The molecule has 0 saturated carbocycles. The average Bonchev–Trinajstić information content (AvgIpc) is 2.93. The molecule has 2 unspecified atom stereocenters. The highest BCUT2D eigenvalue weighted by Crippen LogP contribution is 2.28. The van der Waals surface area contributed by atoms with Gasteiger partial charge in [0.1, 0.15) is 5.82 Å². The van der Waals surface area contributed by atoms with Crippen LogP contribution in [0.4, 0.5) is 0 Å². The van der Waals surface area contributed by atoms with Gasteiger partial charge in [-0.3, -0.25) is 4.79 Å². The van der Waals surface area contributed by atoms with E-state index in [0.29, 0.717) is 12.3 Å². The number of nitrogens with zero attached hydrogens (tertiary/aromatic N) is 3. The largest absolute Gasteiger partial charge is 0.481 e. The van der Waals surface area contributed by atoms with Gasteiger partial charge in [-0.1, -0.05) is 0 Å². The predicted octanol–water partition coefficient (Wildman–Crippen LogP) is 0.949. The smallest absolute Gasteiger partial charge is 0.307 e. The average molecular weight is 249 g/mol. The number of carbonyl (C=O) groups is 1. The number of fused-ring (bicyclic) bond motifs is 1. The van der Waals surface area contributed by atoms with Gasteiger partial charge < -0.3 is 14.6 Å². The quantitative estimate of drug-likeness (QED) is 0.847. The first-order chi connectivity index (χ1) is 8.63. The first-order valence-electron chi connectivity index (χ1n) is 6.61. The van der Waals surface area contributed by atoms with Crippen LogP contribution in [-0.2, 0) is 17.8 Å². The summed E-state index contributed by atoms with van der Waals surface area (Å²) < 4.78 is 2.15. The normalized spacial score (nSPS) is 28.3. The van der Waals surface area contributed by atoms with Gasteiger partial charge in [-0.2, -0.15) is 0 Å². The van der Waals surface area contributed by atoms with Crippen LogP contribution in [-0.4, -0.2) is 45.7 Å². The first kappa shape index (κ1) is 11.7.